The standard InChI is InChI=1S/C14H25N3/c1-3-4-10-15-14-16-12(2)11-17(14)13-8-6-5-7-9-13/h11,13H,3-10H2,1-2H3,(H,15,16). The number of anilines is 1. The molecule has 1 aromatic heterocycles. The minimum Gasteiger partial charge on any atom is -0.356 e. The number of rotatable bonds is 5. The number of unbranched alkanes of at least 4 members (excludes halogenated alkanes) is 1. The van der Waals surface area contributed by atoms with Crippen LogP contribution in [-0.4, -0.2) is 16.1 Å². The van der Waals surface area contributed by atoms with Crippen LogP contribution in [0.15, 0.2) is 6.20 Å². The summed E-state index contributed by atoms with van der Waals surface area (Å²) in [6, 6.07) is 0.675. The molecule has 1 aromatic rings. The third-order valence-electron chi connectivity index (χ3n) is 3.63. The highest BCUT2D eigenvalue weighted by atomic mass is 15.2. The van der Waals surface area contributed by atoms with E-state index in [1.807, 2.05) is 0 Å². The molecule has 1 heterocycles. The lowest BCUT2D eigenvalue weighted by molar-refractivity contribution is 0.355. The fourth-order valence-corrected chi connectivity index (χ4v) is 2.66. The summed E-state index contributed by atoms with van der Waals surface area (Å²) < 4.78 is 2.38. The van der Waals surface area contributed by atoms with Crippen LogP contribution in [0.1, 0.15) is 63.6 Å². The van der Waals surface area contributed by atoms with Gasteiger partial charge >= 0.3 is 0 Å². The summed E-state index contributed by atoms with van der Waals surface area (Å²) >= 11 is 0. The van der Waals surface area contributed by atoms with Gasteiger partial charge in [0.25, 0.3) is 0 Å². The zero-order valence-electron chi connectivity index (χ0n) is 11.2. The number of nitrogens with one attached hydrogen (secondary N) is 1. The number of hydrogen-bond acceptors (Lipinski definition) is 2. The van der Waals surface area contributed by atoms with Crippen molar-refractivity contribution in [2.75, 3.05) is 11.9 Å². The molecule has 17 heavy (non-hydrogen) atoms. The predicted octanol–water partition coefficient (Wildman–Crippen LogP) is 3.91. The van der Waals surface area contributed by atoms with Gasteiger partial charge in [-0.3, -0.25) is 0 Å². The summed E-state index contributed by atoms with van der Waals surface area (Å²) in [6.45, 7) is 5.35. The summed E-state index contributed by atoms with van der Waals surface area (Å²) in [6.07, 6.45) is 11.4. The zero-order chi connectivity index (χ0) is 12.1. The van der Waals surface area contributed by atoms with E-state index in [0.717, 1.165) is 18.2 Å². The van der Waals surface area contributed by atoms with Crippen molar-refractivity contribution in [1.29, 1.82) is 0 Å². The van der Waals surface area contributed by atoms with Crippen LogP contribution in [0.2, 0.25) is 0 Å². The molecule has 0 aliphatic heterocycles. The Kier molecular flexibility index (Phi) is 4.46. The van der Waals surface area contributed by atoms with Crippen molar-refractivity contribution in [1.82, 2.24) is 9.55 Å². The molecule has 0 atom stereocenters. The van der Waals surface area contributed by atoms with Crippen LogP contribution in [0.25, 0.3) is 0 Å². The lowest BCUT2D eigenvalue weighted by Gasteiger charge is -2.24. The van der Waals surface area contributed by atoms with Crippen LogP contribution >= 0.6 is 0 Å². The van der Waals surface area contributed by atoms with E-state index in [4.69, 9.17) is 0 Å². The molecule has 1 aliphatic rings. The van der Waals surface area contributed by atoms with E-state index in [-0.39, 0.29) is 0 Å². The molecule has 2 rings (SSSR count). The van der Waals surface area contributed by atoms with Crippen LogP contribution in [0, 0.1) is 6.92 Å². The number of aryl methyl sites for hydroxylation is 1. The van der Waals surface area contributed by atoms with Gasteiger partial charge in [-0.2, -0.15) is 0 Å². The van der Waals surface area contributed by atoms with Gasteiger partial charge in [0.1, 0.15) is 0 Å². The Morgan fingerprint density at radius 3 is 2.82 bits per heavy atom. The Bertz CT molecular complexity index is 337. The number of hydrogen-bond donors (Lipinski definition) is 1. The predicted molar refractivity (Wildman–Crippen MR) is 72.5 cm³/mol. The number of aromatic nitrogens is 2. The van der Waals surface area contributed by atoms with E-state index in [1.54, 1.807) is 0 Å². The molecule has 3 nitrogen and oxygen atoms in total. The maximum atomic E-state index is 4.61. The summed E-state index contributed by atoms with van der Waals surface area (Å²) in [5.74, 6) is 1.09. The highest BCUT2D eigenvalue weighted by molar-refractivity contribution is 5.29. The van der Waals surface area contributed by atoms with Crippen molar-refractivity contribution in [3.63, 3.8) is 0 Å². The molecule has 0 amide bonds. The highest BCUT2D eigenvalue weighted by Gasteiger charge is 2.18. The van der Waals surface area contributed by atoms with Crippen molar-refractivity contribution < 1.29 is 0 Å². The van der Waals surface area contributed by atoms with Crippen molar-refractivity contribution in [2.24, 2.45) is 0 Å². The van der Waals surface area contributed by atoms with Crippen LogP contribution < -0.4 is 5.32 Å². The summed E-state index contributed by atoms with van der Waals surface area (Å²) in [5, 5.41) is 3.48. The fourth-order valence-electron chi connectivity index (χ4n) is 2.66. The van der Waals surface area contributed by atoms with Gasteiger partial charge in [0.15, 0.2) is 0 Å². The van der Waals surface area contributed by atoms with E-state index in [1.165, 1.54) is 44.9 Å². The zero-order valence-corrected chi connectivity index (χ0v) is 11.2. The maximum absolute atomic E-state index is 4.61. The summed E-state index contributed by atoms with van der Waals surface area (Å²) in [5.41, 5.74) is 1.13. The molecular weight excluding hydrogens is 210 g/mol. The number of imidazole rings is 1. The second-order valence-electron chi connectivity index (χ2n) is 5.19. The minimum atomic E-state index is 0.675. The first-order valence-corrected chi connectivity index (χ1v) is 7.10. The molecule has 0 spiro atoms. The van der Waals surface area contributed by atoms with Gasteiger partial charge in [0.05, 0.1) is 5.69 Å². The van der Waals surface area contributed by atoms with Gasteiger partial charge in [-0.1, -0.05) is 32.6 Å². The Balaban J connectivity index is 2.03. The molecule has 0 saturated heterocycles. The molecule has 0 aromatic carbocycles. The third-order valence-corrected chi connectivity index (χ3v) is 3.63. The minimum absolute atomic E-state index is 0.675. The van der Waals surface area contributed by atoms with Gasteiger partial charge < -0.3 is 9.88 Å². The van der Waals surface area contributed by atoms with Gasteiger partial charge in [-0.05, 0) is 26.2 Å². The molecule has 3 heteroatoms. The Morgan fingerprint density at radius 1 is 1.35 bits per heavy atom. The second kappa shape index (κ2) is 6.08. The molecule has 96 valence electrons. The molecule has 0 radical (unpaired) electrons. The average molecular weight is 235 g/mol. The molecule has 1 fully saturated rings. The molecule has 1 saturated carbocycles. The van der Waals surface area contributed by atoms with E-state index in [0.29, 0.717) is 6.04 Å². The van der Waals surface area contributed by atoms with Crippen molar-refractivity contribution in [3.8, 4) is 0 Å². The first-order valence-electron chi connectivity index (χ1n) is 7.10. The van der Waals surface area contributed by atoms with E-state index >= 15 is 0 Å². The van der Waals surface area contributed by atoms with E-state index in [2.05, 4.69) is 34.9 Å². The van der Waals surface area contributed by atoms with Crippen molar-refractivity contribution >= 4 is 5.95 Å². The topological polar surface area (TPSA) is 29.9 Å². The molecule has 0 bridgehead atoms. The lowest BCUT2D eigenvalue weighted by Crippen LogP contribution is -2.16. The van der Waals surface area contributed by atoms with Gasteiger partial charge in [0, 0.05) is 18.8 Å². The number of nitrogens with zero attached hydrogens (tertiary/aromatic N) is 2. The van der Waals surface area contributed by atoms with Crippen LogP contribution in [0.5, 0.6) is 0 Å². The fraction of sp³-hybridized carbons (Fsp3) is 0.786. The molecule has 1 aliphatic carbocycles. The summed E-state index contributed by atoms with van der Waals surface area (Å²) in [7, 11) is 0. The van der Waals surface area contributed by atoms with Crippen molar-refractivity contribution in [2.45, 2.75) is 64.8 Å². The van der Waals surface area contributed by atoms with Crippen LogP contribution in [0.4, 0.5) is 5.95 Å². The van der Waals surface area contributed by atoms with Gasteiger partial charge in [-0.25, -0.2) is 4.98 Å². The first-order chi connectivity index (χ1) is 8.31. The Hall–Kier alpha value is -0.990. The van der Waals surface area contributed by atoms with E-state index in [9.17, 15) is 0 Å². The lowest BCUT2D eigenvalue weighted by atomic mass is 9.95. The average Bonchev–Trinajstić information content (AvgIpc) is 2.72. The second-order valence-corrected chi connectivity index (χ2v) is 5.19. The SMILES string of the molecule is CCCCNc1nc(C)cn1C1CCCCC1. The van der Waals surface area contributed by atoms with Crippen molar-refractivity contribution in [3.05, 3.63) is 11.9 Å². The third kappa shape index (κ3) is 3.24. The van der Waals surface area contributed by atoms with Gasteiger partial charge in [-0.15, -0.1) is 0 Å². The normalized spacial score (nSPS) is 17.3. The summed E-state index contributed by atoms with van der Waals surface area (Å²) in [4.78, 5) is 4.61. The van der Waals surface area contributed by atoms with E-state index < -0.39 is 0 Å². The highest BCUT2D eigenvalue weighted by Crippen LogP contribution is 2.30. The molecule has 0 unspecified atom stereocenters. The largest absolute Gasteiger partial charge is 0.356 e. The smallest absolute Gasteiger partial charge is 0.203 e. The molecular formula is C14H25N3. The Labute approximate surface area is 105 Å². The van der Waals surface area contributed by atoms with Crippen LogP contribution in [-0.2, 0) is 0 Å². The Morgan fingerprint density at radius 2 is 2.12 bits per heavy atom. The maximum Gasteiger partial charge on any atom is 0.203 e. The monoisotopic (exact) mass is 235 g/mol. The molecule has 1 N–H and O–H groups in total. The first kappa shape index (κ1) is 12.5. The van der Waals surface area contributed by atoms with Gasteiger partial charge in [0.2, 0.25) is 5.95 Å². The van der Waals surface area contributed by atoms with Crippen LogP contribution in [0.3, 0.4) is 0 Å². The quantitative estimate of drug-likeness (QED) is 0.784.